The quantitative estimate of drug-likeness (QED) is 0.839. The minimum atomic E-state index is -4.64. The summed E-state index contributed by atoms with van der Waals surface area (Å²) in [6.07, 6.45) is -3.50. The number of piperidine rings is 1. The second-order valence-corrected chi connectivity index (χ2v) is 6.42. The zero-order valence-electron chi connectivity index (χ0n) is 14.3. The van der Waals surface area contributed by atoms with Crippen LogP contribution in [-0.2, 0) is 19.8 Å². The van der Waals surface area contributed by atoms with Gasteiger partial charge in [0.2, 0.25) is 5.82 Å². The van der Waals surface area contributed by atoms with Gasteiger partial charge in [0.15, 0.2) is 0 Å². The molecule has 0 aliphatic carbocycles. The van der Waals surface area contributed by atoms with E-state index in [0.717, 1.165) is 28.7 Å². The molecule has 7 nitrogen and oxygen atoms in total. The molecule has 0 aromatic carbocycles. The predicted octanol–water partition coefficient (Wildman–Crippen LogP) is 2.04. The Hall–Kier alpha value is -2.10. The van der Waals surface area contributed by atoms with Gasteiger partial charge in [-0.25, -0.2) is 9.48 Å². The first-order valence-corrected chi connectivity index (χ1v) is 8.05. The number of hydrogen-bond donors (Lipinski definition) is 0. The number of likely N-dealkylation sites (tertiary alicyclic amines) is 1. The van der Waals surface area contributed by atoms with Crippen molar-refractivity contribution in [2.75, 3.05) is 13.1 Å². The summed E-state index contributed by atoms with van der Waals surface area (Å²) in [6, 6.07) is -0.323. The Morgan fingerprint density at radius 1 is 1.24 bits per heavy atom. The highest BCUT2D eigenvalue weighted by Crippen LogP contribution is 2.28. The van der Waals surface area contributed by atoms with E-state index >= 15 is 0 Å². The van der Waals surface area contributed by atoms with Gasteiger partial charge >= 0.3 is 11.9 Å². The molecule has 2 aromatic heterocycles. The lowest BCUT2D eigenvalue weighted by molar-refractivity contribution is -0.147. The maximum absolute atomic E-state index is 12.9. The van der Waals surface area contributed by atoms with Gasteiger partial charge in [-0.05, 0) is 26.7 Å². The van der Waals surface area contributed by atoms with Crippen molar-refractivity contribution in [3.8, 4) is 0 Å². The number of alkyl halides is 3. The molecule has 3 heterocycles. The fraction of sp³-hybridized carbons (Fsp3) is 0.667. The molecule has 138 valence electrons. The van der Waals surface area contributed by atoms with Gasteiger partial charge in [0.25, 0.3) is 0 Å². The fourth-order valence-corrected chi connectivity index (χ4v) is 3.21. The van der Waals surface area contributed by atoms with Crippen molar-refractivity contribution >= 4 is 0 Å². The Bertz CT molecular complexity index is 793. The van der Waals surface area contributed by atoms with Crippen LogP contribution in [0.5, 0.6) is 0 Å². The highest BCUT2D eigenvalue weighted by atomic mass is 19.4. The Kier molecular flexibility index (Phi) is 4.48. The van der Waals surface area contributed by atoms with Gasteiger partial charge in [0.05, 0.1) is 11.7 Å². The number of aromatic nitrogens is 4. The number of hydrogen-bond acceptors (Lipinski definition) is 5. The summed E-state index contributed by atoms with van der Waals surface area (Å²) in [7, 11) is 1.10. The highest BCUT2D eigenvalue weighted by Gasteiger charge is 2.39. The summed E-state index contributed by atoms with van der Waals surface area (Å²) in [6.45, 7) is 5.75. The Labute approximate surface area is 142 Å². The van der Waals surface area contributed by atoms with E-state index in [2.05, 4.69) is 15.2 Å². The van der Waals surface area contributed by atoms with Crippen molar-refractivity contribution in [1.82, 2.24) is 24.4 Å². The van der Waals surface area contributed by atoms with Gasteiger partial charge in [-0.2, -0.15) is 13.2 Å². The summed E-state index contributed by atoms with van der Waals surface area (Å²) in [5.41, 5.74) is 1.15. The summed E-state index contributed by atoms with van der Waals surface area (Å²) in [5.74, 6) is -0.383. The van der Waals surface area contributed by atoms with Gasteiger partial charge in [-0.3, -0.25) is 9.47 Å². The normalized spacial score (nSPS) is 17.4. The molecule has 1 aliphatic rings. The van der Waals surface area contributed by atoms with Crippen molar-refractivity contribution in [3.05, 3.63) is 33.3 Å². The third-order valence-corrected chi connectivity index (χ3v) is 4.72. The minimum absolute atomic E-state index is 0.323. The lowest BCUT2D eigenvalue weighted by Crippen LogP contribution is -2.37. The van der Waals surface area contributed by atoms with Crippen LogP contribution in [0.4, 0.5) is 13.2 Å². The minimum Gasteiger partial charge on any atom is -0.361 e. The van der Waals surface area contributed by atoms with Crippen molar-refractivity contribution < 1.29 is 17.7 Å². The molecular formula is C15H20F3N5O2. The third kappa shape index (κ3) is 3.35. The van der Waals surface area contributed by atoms with Gasteiger partial charge < -0.3 is 4.52 Å². The summed E-state index contributed by atoms with van der Waals surface area (Å²) >= 11 is 0. The van der Waals surface area contributed by atoms with E-state index in [1.807, 2.05) is 13.8 Å². The van der Waals surface area contributed by atoms with E-state index in [0.29, 0.717) is 37.0 Å². The standard InChI is InChI=1S/C15H20F3N5O2/c1-9-12(10(2)25-20-9)8-22-6-4-11(5-7-22)23-14(24)21(3)13(19-23)15(16,17)18/h11H,4-8H2,1-3H3. The zero-order chi connectivity index (χ0) is 18.4. The van der Waals surface area contributed by atoms with E-state index in [4.69, 9.17) is 4.52 Å². The molecule has 0 amide bonds. The first-order valence-electron chi connectivity index (χ1n) is 8.05. The van der Waals surface area contributed by atoms with Crippen LogP contribution in [0.25, 0.3) is 0 Å². The maximum atomic E-state index is 12.9. The van der Waals surface area contributed by atoms with Crippen molar-refractivity contribution in [1.29, 1.82) is 0 Å². The molecule has 1 aliphatic heterocycles. The molecule has 25 heavy (non-hydrogen) atoms. The monoisotopic (exact) mass is 359 g/mol. The number of aryl methyl sites for hydroxylation is 2. The van der Waals surface area contributed by atoms with Crippen molar-refractivity contribution in [2.45, 2.75) is 45.5 Å². The van der Waals surface area contributed by atoms with Gasteiger partial charge in [0.1, 0.15) is 5.76 Å². The molecule has 0 unspecified atom stereocenters. The van der Waals surface area contributed by atoms with Crippen LogP contribution in [0.15, 0.2) is 9.32 Å². The van der Waals surface area contributed by atoms with Crippen LogP contribution in [-0.4, -0.2) is 37.5 Å². The maximum Gasteiger partial charge on any atom is 0.451 e. The lowest BCUT2D eigenvalue weighted by Gasteiger charge is -2.31. The smallest absolute Gasteiger partial charge is 0.361 e. The van der Waals surface area contributed by atoms with Crippen molar-refractivity contribution in [2.24, 2.45) is 7.05 Å². The Morgan fingerprint density at radius 2 is 1.88 bits per heavy atom. The number of halogens is 3. The lowest BCUT2D eigenvalue weighted by atomic mass is 10.0. The molecule has 0 N–H and O–H groups in total. The molecule has 0 saturated carbocycles. The molecule has 1 fully saturated rings. The summed E-state index contributed by atoms with van der Waals surface area (Å²) < 4.78 is 45.4. The summed E-state index contributed by atoms with van der Waals surface area (Å²) in [5, 5.41) is 7.46. The van der Waals surface area contributed by atoms with Crippen LogP contribution in [0, 0.1) is 13.8 Å². The van der Waals surface area contributed by atoms with E-state index < -0.39 is 17.7 Å². The third-order valence-electron chi connectivity index (χ3n) is 4.72. The molecule has 0 bridgehead atoms. The molecule has 3 rings (SSSR count). The van der Waals surface area contributed by atoms with Crippen LogP contribution < -0.4 is 5.69 Å². The van der Waals surface area contributed by atoms with E-state index in [9.17, 15) is 18.0 Å². The molecule has 2 aromatic rings. The molecule has 0 radical (unpaired) electrons. The van der Waals surface area contributed by atoms with Gasteiger partial charge in [0, 0.05) is 32.2 Å². The first kappa shape index (κ1) is 17.7. The number of rotatable bonds is 3. The second-order valence-electron chi connectivity index (χ2n) is 6.42. The van der Waals surface area contributed by atoms with E-state index in [-0.39, 0.29) is 6.04 Å². The average Bonchev–Trinajstić information content (AvgIpc) is 3.02. The zero-order valence-corrected chi connectivity index (χ0v) is 14.3. The molecule has 10 heteroatoms. The van der Waals surface area contributed by atoms with Crippen LogP contribution in [0.2, 0.25) is 0 Å². The van der Waals surface area contributed by atoms with Crippen LogP contribution >= 0.6 is 0 Å². The Morgan fingerprint density at radius 3 is 2.36 bits per heavy atom. The predicted molar refractivity (Wildman–Crippen MR) is 82.0 cm³/mol. The van der Waals surface area contributed by atoms with Crippen LogP contribution in [0.1, 0.15) is 41.7 Å². The molecular weight excluding hydrogens is 339 g/mol. The summed E-state index contributed by atoms with van der Waals surface area (Å²) in [4.78, 5) is 14.3. The van der Waals surface area contributed by atoms with Gasteiger partial charge in [-0.15, -0.1) is 5.10 Å². The van der Waals surface area contributed by atoms with Crippen molar-refractivity contribution in [3.63, 3.8) is 0 Å². The Balaban J connectivity index is 1.70. The van der Waals surface area contributed by atoms with E-state index in [1.165, 1.54) is 0 Å². The first-order chi connectivity index (χ1) is 11.7. The largest absolute Gasteiger partial charge is 0.451 e. The second kappa shape index (κ2) is 6.32. The fourth-order valence-electron chi connectivity index (χ4n) is 3.21. The average molecular weight is 359 g/mol. The highest BCUT2D eigenvalue weighted by molar-refractivity contribution is 5.20. The molecule has 0 spiro atoms. The van der Waals surface area contributed by atoms with E-state index in [1.54, 1.807) is 0 Å². The topological polar surface area (TPSA) is 69.1 Å². The SMILES string of the molecule is Cc1noc(C)c1CN1CCC(n2nc(C(F)(F)F)n(C)c2=O)CC1. The van der Waals surface area contributed by atoms with Crippen LogP contribution in [0.3, 0.4) is 0 Å². The van der Waals surface area contributed by atoms with Gasteiger partial charge in [-0.1, -0.05) is 5.16 Å². The number of nitrogens with zero attached hydrogens (tertiary/aromatic N) is 5. The molecule has 1 saturated heterocycles. The molecule has 0 atom stereocenters.